The zero-order chi connectivity index (χ0) is 34.1. The number of ether oxygens (including phenoxy) is 3. The van der Waals surface area contributed by atoms with Gasteiger partial charge >= 0.3 is 5.69 Å². The van der Waals surface area contributed by atoms with E-state index in [9.17, 15) is 14.4 Å². The molecule has 2 aliphatic rings. The Balaban J connectivity index is 1.38. The van der Waals surface area contributed by atoms with Gasteiger partial charge in [-0.15, -0.1) is 11.3 Å². The molecular formula is C37H40N4O7S. The van der Waals surface area contributed by atoms with Crippen LogP contribution >= 0.6 is 11.3 Å². The van der Waals surface area contributed by atoms with Gasteiger partial charge in [0.1, 0.15) is 35.1 Å². The number of hydrogen-bond donors (Lipinski definition) is 0. The Morgan fingerprint density at radius 2 is 1.80 bits per heavy atom. The Kier molecular flexibility index (Phi) is 9.27. The maximum Gasteiger partial charge on any atom is 0.333 e. The van der Waals surface area contributed by atoms with Crippen LogP contribution < -0.4 is 16.0 Å². The number of benzene rings is 2. The Labute approximate surface area is 287 Å². The molecule has 0 aliphatic carbocycles. The summed E-state index contributed by atoms with van der Waals surface area (Å²) in [6, 6.07) is 17.6. The summed E-state index contributed by atoms with van der Waals surface area (Å²) in [7, 11) is 0. The summed E-state index contributed by atoms with van der Waals surface area (Å²) in [6.07, 6.45) is 4.57. The summed E-state index contributed by atoms with van der Waals surface area (Å²) in [5, 5.41) is 0.348. The number of carbonyl (C=O) groups is 1. The summed E-state index contributed by atoms with van der Waals surface area (Å²) in [6.45, 7) is 7.89. The van der Waals surface area contributed by atoms with Gasteiger partial charge in [-0.3, -0.25) is 14.2 Å². The number of aryl methyl sites for hydroxylation is 1. The Morgan fingerprint density at radius 3 is 2.49 bits per heavy atom. The highest BCUT2D eigenvalue weighted by Crippen LogP contribution is 2.38. The van der Waals surface area contributed by atoms with Crippen LogP contribution in [0.25, 0.3) is 21.0 Å². The van der Waals surface area contributed by atoms with Gasteiger partial charge in [-0.25, -0.2) is 14.3 Å². The minimum atomic E-state index is -1.43. The molecule has 0 radical (unpaired) electrons. The summed E-state index contributed by atoms with van der Waals surface area (Å²) < 4.78 is 27.2. The summed E-state index contributed by atoms with van der Waals surface area (Å²) in [4.78, 5) is 50.1. The summed E-state index contributed by atoms with van der Waals surface area (Å²) in [5.41, 5.74) is -0.104. The average Bonchev–Trinajstić information content (AvgIpc) is 3.74. The van der Waals surface area contributed by atoms with Crippen molar-refractivity contribution in [3.63, 3.8) is 0 Å². The van der Waals surface area contributed by atoms with Crippen molar-refractivity contribution in [3.8, 4) is 16.5 Å². The lowest BCUT2D eigenvalue weighted by Gasteiger charge is -2.38. The molecule has 2 aromatic carbocycles. The van der Waals surface area contributed by atoms with E-state index in [4.69, 9.17) is 18.6 Å². The van der Waals surface area contributed by atoms with E-state index in [1.807, 2.05) is 61.5 Å². The van der Waals surface area contributed by atoms with E-state index in [-0.39, 0.29) is 18.6 Å². The van der Waals surface area contributed by atoms with Gasteiger partial charge in [0.15, 0.2) is 0 Å². The lowest BCUT2D eigenvalue weighted by atomic mass is 10.00. The second kappa shape index (κ2) is 13.8. The minimum Gasteiger partial charge on any atom is -0.489 e. The van der Waals surface area contributed by atoms with E-state index in [1.54, 1.807) is 29.5 Å². The summed E-state index contributed by atoms with van der Waals surface area (Å²) in [5.74, 6) is 0.728. The first kappa shape index (κ1) is 33.0. The highest BCUT2D eigenvalue weighted by molar-refractivity contribution is 7.22. The number of aromatic nitrogens is 3. The van der Waals surface area contributed by atoms with Crippen molar-refractivity contribution in [1.29, 1.82) is 0 Å². The zero-order valence-electron chi connectivity index (χ0n) is 27.9. The SMILES string of the molecule is Cc1c(-c2ncco2)sc2c1c(=O)n(C(C)(C)C(=O)N1CCC1)c(=O)n2C[C@H](OC1CCOCC1)c1ccccc1OCc1ccccc1. The third-order valence-electron chi connectivity index (χ3n) is 9.44. The van der Waals surface area contributed by atoms with Crippen LogP contribution in [0.5, 0.6) is 5.75 Å². The van der Waals surface area contributed by atoms with Gasteiger partial charge in [0.05, 0.1) is 29.1 Å². The highest BCUT2D eigenvalue weighted by Gasteiger charge is 2.40. The maximum atomic E-state index is 14.8. The number of fused-ring (bicyclic) bond motifs is 1. The third kappa shape index (κ3) is 6.36. The molecule has 0 N–H and O–H groups in total. The second-order valence-corrected chi connectivity index (χ2v) is 14.1. The van der Waals surface area contributed by atoms with Crippen molar-refractivity contribution in [1.82, 2.24) is 19.0 Å². The maximum absolute atomic E-state index is 14.8. The van der Waals surface area contributed by atoms with Gasteiger partial charge in [-0.05, 0) is 57.2 Å². The molecule has 256 valence electrons. The number of para-hydroxylation sites is 1. The smallest absolute Gasteiger partial charge is 0.333 e. The molecule has 7 rings (SSSR count). The predicted molar refractivity (Wildman–Crippen MR) is 186 cm³/mol. The van der Waals surface area contributed by atoms with E-state index in [2.05, 4.69) is 4.98 Å². The third-order valence-corrected chi connectivity index (χ3v) is 10.7. The van der Waals surface area contributed by atoms with Crippen molar-refractivity contribution >= 4 is 27.5 Å². The van der Waals surface area contributed by atoms with E-state index in [0.29, 0.717) is 78.0 Å². The molecule has 2 fully saturated rings. The van der Waals surface area contributed by atoms with Gasteiger partial charge in [-0.1, -0.05) is 48.5 Å². The van der Waals surface area contributed by atoms with Crippen molar-refractivity contribution in [3.05, 3.63) is 105 Å². The van der Waals surface area contributed by atoms with Crippen molar-refractivity contribution in [2.45, 2.75) is 70.9 Å². The molecule has 0 saturated carbocycles. The van der Waals surface area contributed by atoms with Gasteiger partial charge < -0.3 is 23.5 Å². The molecule has 2 aliphatic heterocycles. The Bertz CT molecular complexity index is 2060. The zero-order valence-corrected chi connectivity index (χ0v) is 28.7. The lowest BCUT2D eigenvalue weighted by Crippen LogP contribution is -2.59. The molecule has 49 heavy (non-hydrogen) atoms. The molecule has 11 nitrogen and oxygen atoms in total. The normalized spacial score (nSPS) is 16.1. The van der Waals surface area contributed by atoms with Crippen molar-refractivity contribution in [2.24, 2.45) is 0 Å². The molecule has 1 amide bonds. The Hall–Kier alpha value is -4.52. The van der Waals surface area contributed by atoms with Gasteiger partial charge in [0.25, 0.3) is 5.56 Å². The fraction of sp³-hybridized carbons (Fsp3) is 0.405. The van der Waals surface area contributed by atoms with Crippen molar-refractivity contribution in [2.75, 3.05) is 26.3 Å². The first-order valence-corrected chi connectivity index (χ1v) is 17.5. The molecule has 2 saturated heterocycles. The van der Waals surface area contributed by atoms with Crippen LogP contribution in [0.4, 0.5) is 0 Å². The Morgan fingerprint density at radius 1 is 1.06 bits per heavy atom. The number of hydrogen-bond acceptors (Lipinski definition) is 9. The number of thiophene rings is 1. The van der Waals surface area contributed by atoms with E-state index in [1.165, 1.54) is 17.6 Å². The van der Waals surface area contributed by atoms with Gasteiger partial charge in [0, 0.05) is 31.9 Å². The molecular weight excluding hydrogens is 644 g/mol. The quantitative estimate of drug-likeness (QED) is 0.175. The summed E-state index contributed by atoms with van der Waals surface area (Å²) >= 11 is 1.27. The van der Waals surface area contributed by atoms with Gasteiger partial charge in [0.2, 0.25) is 11.8 Å². The minimum absolute atomic E-state index is 0.0671. The van der Waals surface area contributed by atoms with E-state index < -0.39 is 22.9 Å². The van der Waals surface area contributed by atoms with E-state index in [0.717, 1.165) is 22.1 Å². The number of amides is 1. The number of oxazole rings is 1. The highest BCUT2D eigenvalue weighted by atomic mass is 32.1. The number of nitrogens with zero attached hydrogens (tertiary/aromatic N) is 4. The lowest BCUT2D eigenvalue weighted by molar-refractivity contribution is -0.143. The van der Waals surface area contributed by atoms with Gasteiger partial charge in [-0.2, -0.15) is 0 Å². The first-order valence-electron chi connectivity index (χ1n) is 16.7. The first-order chi connectivity index (χ1) is 23.7. The topological polar surface area (TPSA) is 118 Å². The average molecular weight is 685 g/mol. The van der Waals surface area contributed by atoms with Crippen LogP contribution in [0, 0.1) is 6.92 Å². The molecule has 1 atom stereocenters. The standard InChI is InChI=1S/C37H40N4O7S/c1-24-30-33(42)41(37(2,3)35(43)39-17-9-18-39)36(44)40(34(30)49-31(24)32-38-16-21-46-32)22-29(48-26-14-19-45-20-15-26)27-12-7-8-13-28(27)47-23-25-10-5-4-6-11-25/h4-8,10-13,16,21,26,29H,9,14-15,17-20,22-23H2,1-3H3/t29-/m0/s1. The monoisotopic (exact) mass is 684 g/mol. The van der Waals surface area contributed by atoms with E-state index >= 15 is 0 Å². The molecule has 3 aromatic heterocycles. The molecule has 5 heterocycles. The van der Waals surface area contributed by atoms with Crippen molar-refractivity contribution < 1.29 is 23.4 Å². The molecule has 5 aromatic rings. The van der Waals surface area contributed by atoms with Crippen LogP contribution in [-0.2, 0) is 33.0 Å². The fourth-order valence-electron chi connectivity index (χ4n) is 6.58. The van der Waals surface area contributed by atoms with Crippen LogP contribution in [0.15, 0.2) is 81.1 Å². The predicted octanol–water partition coefficient (Wildman–Crippen LogP) is 5.67. The fourth-order valence-corrected chi connectivity index (χ4v) is 7.82. The largest absolute Gasteiger partial charge is 0.489 e. The number of carbonyl (C=O) groups excluding carboxylic acids is 1. The second-order valence-electron chi connectivity index (χ2n) is 13.1. The molecule has 0 spiro atoms. The van der Waals surface area contributed by atoms with Crippen LogP contribution in [-0.4, -0.2) is 57.3 Å². The molecule has 0 unspecified atom stereocenters. The number of likely N-dealkylation sites (tertiary alicyclic amines) is 1. The van der Waals surface area contributed by atoms with Crippen LogP contribution in [0.1, 0.15) is 55.9 Å². The van der Waals surface area contributed by atoms with Crippen LogP contribution in [0.2, 0.25) is 0 Å². The number of rotatable bonds is 11. The van der Waals surface area contributed by atoms with Crippen LogP contribution in [0.3, 0.4) is 0 Å². The molecule has 12 heteroatoms. The molecule has 0 bridgehead atoms.